The van der Waals surface area contributed by atoms with Crippen LogP contribution in [0.1, 0.15) is 36.7 Å². The third-order valence-corrected chi connectivity index (χ3v) is 6.42. The van der Waals surface area contributed by atoms with E-state index in [1.807, 2.05) is 7.05 Å². The lowest BCUT2D eigenvalue weighted by Crippen LogP contribution is -2.28. The fraction of sp³-hybridized carbons (Fsp3) is 0.381. The summed E-state index contributed by atoms with van der Waals surface area (Å²) >= 11 is 0.870. The second-order valence-corrected chi connectivity index (χ2v) is 8.84. The third-order valence-electron chi connectivity index (χ3n) is 5.52. The molecule has 164 valence electrons. The average molecular weight is 447 g/mol. The van der Waals surface area contributed by atoms with E-state index in [-0.39, 0.29) is 21.3 Å². The summed E-state index contributed by atoms with van der Waals surface area (Å²) in [5, 5.41) is 7.23. The van der Waals surface area contributed by atoms with Crippen molar-refractivity contribution in [2.45, 2.75) is 26.2 Å². The number of rotatable bonds is 4. The van der Waals surface area contributed by atoms with Crippen LogP contribution in [0.25, 0.3) is 10.6 Å². The molecule has 3 aromatic rings. The van der Waals surface area contributed by atoms with Gasteiger partial charge in [-0.15, -0.1) is 0 Å². The molecule has 2 aromatic heterocycles. The van der Waals surface area contributed by atoms with Crippen molar-refractivity contribution in [1.29, 1.82) is 0 Å². The Hall–Kier alpha value is -3.01. The van der Waals surface area contributed by atoms with Gasteiger partial charge in [-0.25, -0.2) is 13.8 Å². The number of aromatic nitrogens is 3. The van der Waals surface area contributed by atoms with Gasteiger partial charge in [0.25, 0.3) is 5.91 Å². The molecule has 10 heteroatoms. The normalized spacial score (nSPS) is 16.9. The fourth-order valence-corrected chi connectivity index (χ4v) is 4.73. The number of nitrogens with zero attached hydrogens (tertiary/aromatic N) is 4. The highest BCUT2D eigenvalue weighted by Crippen LogP contribution is 2.34. The van der Waals surface area contributed by atoms with Gasteiger partial charge in [0.05, 0.1) is 11.8 Å². The minimum atomic E-state index is -0.759. The Morgan fingerprint density at radius 2 is 2.00 bits per heavy atom. The van der Waals surface area contributed by atoms with Gasteiger partial charge in [-0.2, -0.15) is 5.10 Å². The van der Waals surface area contributed by atoms with Crippen molar-refractivity contribution < 1.29 is 13.6 Å². The average Bonchev–Trinajstić information content (AvgIpc) is 3.19. The van der Waals surface area contributed by atoms with Gasteiger partial charge in [-0.1, -0.05) is 24.3 Å². The quantitative estimate of drug-likeness (QED) is 0.624. The molecule has 4 rings (SSSR count). The van der Waals surface area contributed by atoms with Crippen molar-refractivity contribution >= 4 is 33.8 Å². The largest absolute Gasteiger partial charge is 0.389 e. The first kappa shape index (κ1) is 21.2. The first-order valence-electron chi connectivity index (χ1n) is 10.1. The van der Waals surface area contributed by atoms with Crippen molar-refractivity contribution in [1.82, 2.24) is 14.8 Å². The number of carbonyl (C=O) groups is 1. The highest BCUT2D eigenvalue weighted by molar-refractivity contribution is 7.19. The number of halogens is 2. The van der Waals surface area contributed by atoms with Crippen molar-refractivity contribution in [3.63, 3.8) is 0 Å². The monoisotopic (exact) mass is 446 g/mol. The summed E-state index contributed by atoms with van der Waals surface area (Å²) in [6.45, 7) is 4.00. The zero-order chi connectivity index (χ0) is 22.1. The summed E-state index contributed by atoms with van der Waals surface area (Å²) in [6, 6.07) is 3.55. The maximum Gasteiger partial charge on any atom is 0.277 e. The Kier molecular flexibility index (Phi) is 5.90. The number of aryl methyl sites for hydroxylation is 1. The maximum atomic E-state index is 14.1. The lowest BCUT2D eigenvalue weighted by Gasteiger charge is -2.24. The molecule has 1 aliphatic heterocycles. The van der Waals surface area contributed by atoms with Crippen LogP contribution in [0.5, 0.6) is 0 Å². The van der Waals surface area contributed by atoms with Crippen LogP contribution in [-0.2, 0) is 7.05 Å². The molecule has 3 N–H and O–H groups in total. The van der Waals surface area contributed by atoms with Crippen molar-refractivity contribution in [2.24, 2.45) is 13.0 Å². The predicted molar refractivity (Wildman–Crippen MR) is 118 cm³/mol. The molecule has 0 radical (unpaired) electrons. The number of nitrogens with two attached hydrogens (primary N) is 1. The summed E-state index contributed by atoms with van der Waals surface area (Å²) in [4.78, 5) is 19.3. The number of thiazole rings is 1. The molecular weight excluding hydrogens is 422 g/mol. The lowest BCUT2D eigenvalue weighted by molar-refractivity contribution is 0.102. The fourth-order valence-electron chi connectivity index (χ4n) is 3.85. The van der Waals surface area contributed by atoms with E-state index in [1.165, 1.54) is 12.5 Å². The van der Waals surface area contributed by atoms with Crippen LogP contribution in [0.15, 0.2) is 24.4 Å². The van der Waals surface area contributed by atoms with Crippen molar-refractivity contribution in [2.75, 3.05) is 29.0 Å². The first-order chi connectivity index (χ1) is 14.8. The molecule has 1 aliphatic rings. The van der Waals surface area contributed by atoms with E-state index in [0.717, 1.165) is 55.2 Å². The number of benzene rings is 1. The Morgan fingerprint density at radius 3 is 2.74 bits per heavy atom. The number of nitrogen functional groups attached to an aromatic ring is 1. The van der Waals surface area contributed by atoms with Gasteiger partial charge >= 0.3 is 0 Å². The van der Waals surface area contributed by atoms with Gasteiger partial charge in [-0.3, -0.25) is 9.48 Å². The molecule has 0 saturated carbocycles. The van der Waals surface area contributed by atoms with Crippen LogP contribution < -0.4 is 16.0 Å². The van der Waals surface area contributed by atoms with Gasteiger partial charge in [0.15, 0.2) is 11.5 Å². The number of hydrogen-bond acceptors (Lipinski definition) is 6. The number of nitrogens with one attached hydrogen (secondary N) is 1. The summed E-state index contributed by atoms with van der Waals surface area (Å²) in [7, 11) is 1.83. The number of hydrogen-bond donors (Lipinski definition) is 2. The predicted octanol–water partition coefficient (Wildman–Crippen LogP) is 4.28. The van der Waals surface area contributed by atoms with Gasteiger partial charge in [-0.05, 0) is 37.3 Å². The molecule has 1 aromatic carbocycles. The summed E-state index contributed by atoms with van der Waals surface area (Å²) in [5.41, 5.74) is 6.16. The molecule has 0 spiro atoms. The van der Waals surface area contributed by atoms with Crippen molar-refractivity contribution in [3.05, 3.63) is 41.7 Å². The van der Waals surface area contributed by atoms with Crippen LogP contribution in [-0.4, -0.2) is 33.8 Å². The SMILES string of the molecule is CC1CCCN(c2c(NC(=O)c3nc(-c4c(F)cccc4F)sc3N)cnn2C)CC1. The zero-order valence-electron chi connectivity index (χ0n) is 17.4. The minimum Gasteiger partial charge on any atom is -0.389 e. The third kappa shape index (κ3) is 4.25. The van der Waals surface area contributed by atoms with Crippen LogP contribution >= 0.6 is 11.3 Å². The van der Waals surface area contributed by atoms with E-state index < -0.39 is 17.5 Å². The van der Waals surface area contributed by atoms with Gasteiger partial charge in [0.2, 0.25) is 0 Å². The van der Waals surface area contributed by atoms with Crippen LogP contribution in [0.4, 0.5) is 25.3 Å². The number of anilines is 3. The topological polar surface area (TPSA) is 89.1 Å². The second kappa shape index (κ2) is 8.62. The highest BCUT2D eigenvalue weighted by atomic mass is 32.1. The molecule has 0 bridgehead atoms. The molecule has 3 heterocycles. The van der Waals surface area contributed by atoms with E-state index in [4.69, 9.17) is 5.73 Å². The van der Waals surface area contributed by atoms with E-state index >= 15 is 0 Å². The minimum absolute atomic E-state index is 0.0196. The Bertz CT molecular complexity index is 1090. The molecule has 1 fully saturated rings. The summed E-state index contributed by atoms with van der Waals surface area (Å²) in [6.07, 6.45) is 4.88. The van der Waals surface area contributed by atoms with E-state index in [1.54, 1.807) is 10.9 Å². The van der Waals surface area contributed by atoms with E-state index in [2.05, 4.69) is 27.2 Å². The molecule has 1 saturated heterocycles. The molecule has 0 aliphatic carbocycles. The zero-order valence-corrected chi connectivity index (χ0v) is 18.2. The Labute approximate surface area is 182 Å². The smallest absolute Gasteiger partial charge is 0.277 e. The maximum absolute atomic E-state index is 14.1. The standard InChI is InChI=1S/C21H24F2N6OS/c1-12-5-4-9-29(10-8-12)21-15(11-25-28(21)2)26-19(30)17-18(24)31-20(27-17)16-13(22)6-3-7-14(16)23/h3,6-7,11-12H,4-5,8-10,24H2,1-2H3,(H,26,30). The first-order valence-corrected chi connectivity index (χ1v) is 11.0. The van der Waals surface area contributed by atoms with E-state index in [9.17, 15) is 13.6 Å². The van der Waals surface area contributed by atoms with Gasteiger partial charge < -0.3 is 16.0 Å². The van der Waals surface area contributed by atoms with Gasteiger partial charge in [0, 0.05) is 20.1 Å². The van der Waals surface area contributed by atoms with E-state index in [0.29, 0.717) is 11.6 Å². The summed E-state index contributed by atoms with van der Waals surface area (Å²) in [5.74, 6) is -0.592. The molecule has 31 heavy (non-hydrogen) atoms. The lowest BCUT2D eigenvalue weighted by atomic mass is 10.0. The van der Waals surface area contributed by atoms with Crippen LogP contribution in [0, 0.1) is 17.6 Å². The van der Waals surface area contributed by atoms with Gasteiger partial charge in [0.1, 0.15) is 27.3 Å². The highest BCUT2D eigenvalue weighted by Gasteiger charge is 2.25. The van der Waals surface area contributed by atoms with Crippen LogP contribution in [0.2, 0.25) is 0 Å². The molecule has 1 atom stereocenters. The Morgan fingerprint density at radius 1 is 1.26 bits per heavy atom. The molecular formula is C21H24F2N6OS. The Balaban J connectivity index is 1.60. The van der Waals surface area contributed by atoms with Crippen LogP contribution in [0.3, 0.4) is 0 Å². The second-order valence-electron chi connectivity index (χ2n) is 7.81. The molecule has 1 unspecified atom stereocenters. The number of carbonyl (C=O) groups excluding carboxylic acids is 1. The molecule has 1 amide bonds. The summed E-state index contributed by atoms with van der Waals surface area (Å²) < 4.78 is 30.0. The number of amides is 1. The van der Waals surface area contributed by atoms with Crippen molar-refractivity contribution in [3.8, 4) is 10.6 Å². The molecule has 7 nitrogen and oxygen atoms in total.